The fourth-order valence-electron chi connectivity index (χ4n) is 6.12. The van der Waals surface area contributed by atoms with Crippen molar-refractivity contribution < 1.29 is 24.7 Å². The van der Waals surface area contributed by atoms with Gasteiger partial charge in [0.15, 0.2) is 0 Å². The molecule has 0 aliphatic rings. The van der Waals surface area contributed by atoms with Crippen molar-refractivity contribution in [3.63, 3.8) is 0 Å². The Bertz CT molecular complexity index is 2370. The zero-order valence-electron chi connectivity index (χ0n) is 23.7. The van der Waals surface area contributed by atoms with Crippen LogP contribution >= 0.6 is 0 Å². The molecule has 4 aromatic heterocycles. The predicted molar refractivity (Wildman–Crippen MR) is 170 cm³/mol. The molecular formula is C38H26IrN4+. The minimum atomic E-state index is 0. The second kappa shape index (κ2) is 10.8. The molecule has 9 aromatic rings. The number of benzene rings is 5. The van der Waals surface area contributed by atoms with Gasteiger partial charge in [-0.25, -0.2) is 0 Å². The van der Waals surface area contributed by atoms with Crippen LogP contribution in [0.2, 0.25) is 0 Å². The van der Waals surface area contributed by atoms with E-state index in [-0.39, 0.29) is 20.1 Å². The van der Waals surface area contributed by atoms with E-state index in [0.29, 0.717) is 0 Å². The molecule has 0 spiro atoms. The van der Waals surface area contributed by atoms with E-state index in [9.17, 15) is 0 Å². The number of imidazole rings is 1. The molecule has 0 aliphatic carbocycles. The summed E-state index contributed by atoms with van der Waals surface area (Å²) in [6, 6.07) is 46.5. The van der Waals surface area contributed by atoms with Crippen LogP contribution in [0.5, 0.6) is 0 Å². The van der Waals surface area contributed by atoms with Crippen molar-refractivity contribution in [3.8, 4) is 16.9 Å². The molecule has 0 amide bonds. The summed E-state index contributed by atoms with van der Waals surface area (Å²) >= 11 is 0. The maximum atomic E-state index is 4.32. The Hall–Kier alpha value is -4.83. The minimum Gasteiger partial charge on any atom is -0.341 e. The van der Waals surface area contributed by atoms with Gasteiger partial charge in [-0.05, 0) is 24.2 Å². The fourth-order valence-corrected chi connectivity index (χ4v) is 6.12. The molecule has 9 rings (SSSR count). The number of pyridine rings is 1. The second-order valence-electron chi connectivity index (χ2n) is 10.6. The van der Waals surface area contributed by atoms with E-state index in [4.69, 9.17) is 0 Å². The van der Waals surface area contributed by atoms with Crippen LogP contribution in [0, 0.1) is 25.4 Å². The summed E-state index contributed by atoms with van der Waals surface area (Å²) in [6.45, 7) is 2.03. The van der Waals surface area contributed by atoms with Crippen molar-refractivity contribution in [2.75, 3.05) is 0 Å². The molecule has 0 N–H and O–H groups in total. The zero-order valence-corrected chi connectivity index (χ0v) is 26.1. The molecule has 4 nitrogen and oxygen atoms in total. The topological polar surface area (TPSA) is 26.1 Å². The van der Waals surface area contributed by atoms with Crippen LogP contribution < -0.4 is 4.57 Å². The van der Waals surface area contributed by atoms with Gasteiger partial charge in [0.1, 0.15) is 0 Å². The largest absolute Gasteiger partial charge is 3.00 e. The normalized spacial score (nSPS) is 11.3. The average Bonchev–Trinajstić information content (AvgIpc) is 3.69. The second-order valence-corrected chi connectivity index (χ2v) is 10.6. The molecule has 0 bridgehead atoms. The van der Waals surface area contributed by atoms with Gasteiger partial charge >= 0.3 is 20.1 Å². The number of para-hydroxylation sites is 4. The predicted octanol–water partition coefficient (Wildman–Crippen LogP) is 8.06. The van der Waals surface area contributed by atoms with Gasteiger partial charge in [-0.15, -0.1) is 42.0 Å². The molecule has 0 saturated carbocycles. The van der Waals surface area contributed by atoms with Gasteiger partial charge < -0.3 is 18.5 Å². The fraction of sp³-hybridized carbons (Fsp3) is 0.0526. The van der Waals surface area contributed by atoms with E-state index in [1.807, 2.05) is 61.1 Å². The standard InChI is InChI=1S/C26H16N3.C12H10N.Ir/c1-27-16-28(22-13-5-4-12-21(22)27)23-14-7-15-24-25(23)19-10-6-9-18-17-8-2-3-11-20(17)29(24)26(18)19;1-10-7-8-12(13-9-10)11-5-3-2-4-6-11;/h2-13,15H,1H3;2-5,7-9H,1H3;/q2*-1;+3. The van der Waals surface area contributed by atoms with E-state index in [2.05, 4.69) is 111 Å². The Labute approximate surface area is 263 Å². The number of fused-ring (bicyclic) bond motifs is 7. The average molecular weight is 731 g/mol. The summed E-state index contributed by atoms with van der Waals surface area (Å²) in [5, 5.41) is 5.08. The zero-order chi connectivity index (χ0) is 28.2. The number of aryl methyl sites for hydroxylation is 2. The van der Waals surface area contributed by atoms with Crippen LogP contribution in [-0.4, -0.2) is 14.0 Å². The third-order valence-corrected chi connectivity index (χ3v) is 8.01. The SMILES string of the molecule is C[n+]1[c-]n(-c2[c-]ccc3c2c2cccc4c5ccccc5n3c42)c2ccccc21.Cc1ccc(-c2[c-]cccc2)nc1.[Ir+3]. The minimum absolute atomic E-state index is 0. The molecule has 206 valence electrons. The summed E-state index contributed by atoms with van der Waals surface area (Å²) < 4.78 is 6.59. The van der Waals surface area contributed by atoms with Gasteiger partial charge in [0, 0.05) is 22.5 Å². The number of rotatable bonds is 2. The van der Waals surface area contributed by atoms with Crippen LogP contribution in [0.4, 0.5) is 0 Å². The number of hydrogen-bond acceptors (Lipinski definition) is 1. The Morgan fingerprint density at radius 3 is 2.26 bits per heavy atom. The van der Waals surface area contributed by atoms with E-state index >= 15 is 0 Å². The molecule has 5 heteroatoms. The van der Waals surface area contributed by atoms with Crippen molar-refractivity contribution in [2.45, 2.75) is 6.92 Å². The van der Waals surface area contributed by atoms with Crippen molar-refractivity contribution in [1.29, 1.82) is 0 Å². The van der Waals surface area contributed by atoms with Crippen LogP contribution in [0.25, 0.3) is 66.1 Å². The van der Waals surface area contributed by atoms with Gasteiger partial charge in [0.05, 0.1) is 23.6 Å². The number of nitrogens with zero attached hydrogens (tertiary/aromatic N) is 4. The van der Waals surface area contributed by atoms with Crippen LogP contribution in [0.15, 0.2) is 121 Å². The third kappa shape index (κ3) is 4.32. The summed E-state index contributed by atoms with van der Waals surface area (Å²) in [7, 11) is 2.04. The Morgan fingerprint density at radius 2 is 1.44 bits per heavy atom. The van der Waals surface area contributed by atoms with Crippen molar-refractivity contribution in [2.24, 2.45) is 7.05 Å². The van der Waals surface area contributed by atoms with Gasteiger partial charge in [-0.3, -0.25) is 0 Å². The first-order valence-electron chi connectivity index (χ1n) is 14.1. The summed E-state index contributed by atoms with van der Waals surface area (Å²) in [5.74, 6) is 0. The first-order chi connectivity index (χ1) is 20.7. The molecule has 0 unspecified atom stereocenters. The first kappa shape index (κ1) is 27.0. The van der Waals surface area contributed by atoms with Crippen LogP contribution in [0.1, 0.15) is 5.56 Å². The molecular weight excluding hydrogens is 705 g/mol. The van der Waals surface area contributed by atoms with Crippen LogP contribution in [-0.2, 0) is 27.2 Å². The van der Waals surface area contributed by atoms with Crippen molar-refractivity contribution >= 4 is 49.1 Å². The maximum Gasteiger partial charge on any atom is 3.00 e. The van der Waals surface area contributed by atoms with Gasteiger partial charge in [-0.2, -0.15) is 12.1 Å². The Kier molecular flexibility index (Phi) is 6.77. The summed E-state index contributed by atoms with van der Waals surface area (Å²) in [5.41, 5.74) is 10.3. The number of aromatic nitrogens is 4. The molecule has 0 aliphatic heterocycles. The quantitative estimate of drug-likeness (QED) is 0.131. The summed E-state index contributed by atoms with van der Waals surface area (Å²) in [4.78, 5) is 4.32. The van der Waals surface area contributed by atoms with E-state index in [1.165, 1.54) is 43.7 Å². The van der Waals surface area contributed by atoms with Crippen molar-refractivity contribution in [3.05, 3.63) is 145 Å². The van der Waals surface area contributed by atoms with E-state index in [0.717, 1.165) is 28.0 Å². The molecule has 0 radical (unpaired) electrons. The monoisotopic (exact) mass is 731 g/mol. The maximum absolute atomic E-state index is 4.32. The number of hydrogen-bond donors (Lipinski definition) is 0. The first-order valence-corrected chi connectivity index (χ1v) is 14.1. The summed E-state index contributed by atoms with van der Waals surface area (Å²) in [6.07, 6.45) is 5.35. The molecule has 4 heterocycles. The smallest absolute Gasteiger partial charge is 0.341 e. The Morgan fingerprint density at radius 1 is 0.674 bits per heavy atom. The van der Waals surface area contributed by atoms with Gasteiger partial charge in [0.25, 0.3) is 0 Å². The molecule has 0 saturated heterocycles. The molecule has 43 heavy (non-hydrogen) atoms. The van der Waals surface area contributed by atoms with E-state index < -0.39 is 0 Å². The van der Waals surface area contributed by atoms with Crippen molar-refractivity contribution in [1.82, 2.24) is 14.0 Å². The molecule has 0 fully saturated rings. The Balaban J connectivity index is 0.000000182. The van der Waals surface area contributed by atoms with Gasteiger partial charge in [-0.1, -0.05) is 94.8 Å². The molecule has 0 atom stereocenters. The third-order valence-electron chi connectivity index (χ3n) is 8.01. The molecule has 5 aromatic carbocycles. The van der Waals surface area contributed by atoms with E-state index in [1.54, 1.807) is 0 Å². The van der Waals surface area contributed by atoms with Gasteiger partial charge in [0.2, 0.25) is 6.33 Å². The van der Waals surface area contributed by atoms with Crippen LogP contribution in [0.3, 0.4) is 0 Å².